The smallest absolute Gasteiger partial charge is 0.115 e. The zero-order valence-electron chi connectivity index (χ0n) is 4.23. The Morgan fingerprint density at radius 1 is 1.43 bits per heavy atom. The van der Waals surface area contributed by atoms with Gasteiger partial charge in [0.15, 0.2) is 0 Å². The fourth-order valence-corrected chi connectivity index (χ4v) is 0.943. The van der Waals surface area contributed by atoms with E-state index in [1.165, 1.54) is 0 Å². The van der Waals surface area contributed by atoms with E-state index in [1.807, 2.05) is 0 Å². The molecule has 1 saturated carbocycles. The zero-order valence-corrected chi connectivity index (χ0v) is 4.23. The highest BCUT2D eigenvalue weighted by atomic mass is 19.1. The van der Waals surface area contributed by atoms with Crippen LogP contribution in [0.5, 0.6) is 0 Å². The molecule has 0 unspecified atom stereocenters. The number of hydrogen-bond acceptors (Lipinski definition) is 1. The van der Waals surface area contributed by atoms with E-state index in [1.54, 1.807) is 0 Å². The lowest BCUT2D eigenvalue weighted by molar-refractivity contribution is 0.312. The van der Waals surface area contributed by atoms with Crippen molar-refractivity contribution in [2.24, 2.45) is 5.73 Å². The molecule has 0 saturated heterocycles. The molecule has 0 aromatic carbocycles. The molecule has 1 fully saturated rings. The Balaban J connectivity index is 2.33. The first-order chi connectivity index (χ1) is 3.30. The van der Waals surface area contributed by atoms with E-state index >= 15 is 0 Å². The number of hydrogen-bond donors (Lipinski definition) is 1. The maximum atomic E-state index is 12.2. The second-order valence-electron chi connectivity index (χ2n) is 2.11. The average Bonchev–Trinajstić information content (AvgIpc) is 1.91. The summed E-state index contributed by atoms with van der Waals surface area (Å²) >= 11 is 0. The summed E-state index contributed by atoms with van der Waals surface area (Å²) in [4.78, 5) is 0. The summed E-state index contributed by atoms with van der Waals surface area (Å²) in [7, 11) is 0. The minimum absolute atomic E-state index is 0.153. The molecule has 1 aliphatic rings. The first-order valence-corrected chi connectivity index (χ1v) is 2.70. The minimum Gasteiger partial charge on any atom is -0.325 e. The lowest BCUT2D eigenvalue weighted by Crippen LogP contribution is -2.24. The van der Waals surface area contributed by atoms with Gasteiger partial charge in [0.1, 0.15) is 6.17 Å². The molecule has 1 aliphatic carbocycles. The summed E-state index contributed by atoms with van der Waals surface area (Å²) in [5.41, 5.74) is 5.30. The molecule has 0 amide bonds. The Bertz CT molecular complexity index is 57.1. The van der Waals surface area contributed by atoms with E-state index in [4.69, 9.17) is 5.73 Å². The van der Waals surface area contributed by atoms with E-state index in [-0.39, 0.29) is 6.04 Å². The molecule has 2 heteroatoms. The second kappa shape index (κ2) is 1.78. The Kier molecular flexibility index (Phi) is 1.28. The highest BCUT2D eigenvalue weighted by molar-refractivity contribution is 4.78. The van der Waals surface area contributed by atoms with Crippen LogP contribution < -0.4 is 5.73 Å². The van der Waals surface area contributed by atoms with Crippen LogP contribution in [-0.2, 0) is 0 Å². The van der Waals surface area contributed by atoms with Crippen LogP contribution in [0.15, 0.2) is 0 Å². The van der Waals surface area contributed by atoms with Gasteiger partial charge in [-0.1, -0.05) is 0 Å². The summed E-state index contributed by atoms with van der Waals surface area (Å²) in [6.07, 6.45) is 1.82. The lowest BCUT2D eigenvalue weighted by Gasteiger charge is -2.01. The SMILES string of the molecule is N[C@@H]1CCC[C@@H]1F. The van der Waals surface area contributed by atoms with Gasteiger partial charge >= 0.3 is 0 Å². The quantitative estimate of drug-likeness (QED) is 0.483. The third-order valence-corrected chi connectivity index (χ3v) is 1.48. The van der Waals surface area contributed by atoms with Gasteiger partial charge in [-0.05, 0) is 19.3 Å². The summed E-state index contributed by atoms with van der Waals surface area (Å²) in [5, 5.41) is 0. The van der Waals surface area contributed by atoms with Gasteiger partial charge in [0.05, 0.1) is 0 Å². The van der Waals surface area contributed by atoms with Crippen molar-refractivity contribution in [3.8, 4) is 0 Å². The van der Waals surface area contributed by atoms with Gasteiger partial charge in [0, 0.05) is 6.04 Å². The Hall–Kier alpha value is -0.110. The van der Waals surface area contributed by atoms with Crippen LogP contribution in [-0.4, -0.2) is 12.2 Å². The topological polar surface area (TPSA) is 26.0 Å². The summed E-state index contributed by atoms with van der Waals surface area (Å²) < 4.78 is 12.2. The molecule has 1 nitrogen and oxygen atoms in total. The molecular formula is C5H10FN. The highest BCUT2D eigenvalue weighted by Gasteiger charge is 2.22. The Labute approximate surface area is 42.7 Å². The van der Waals surface area contributed by atoms with Crippen molar-refractivity contribution >= 4 is 0 Å². The molecule has 0 radical (unpaired) electrons. The standard InChI is InChI=1S/C5H10FN/c6-4-2-1-3-5(4)7/h4-5H,1-3,7H2/t4-,5+/m0/s1. The van der Waals surface area contributed by atoms with Crippen LogP contribution in [0.3, 0.4) is 0 Å². The van der Waals surface area contributed by atoms with Crippen LogP contribution in [0.2, 0.25) is 0 Å². The molecular weight excluding hydrogens is 93.1 g/mol. The first-order valence-electron chi connectivity index (χ1n) is 2.70. The van der Waals surface area contributed by atoms with Gasteiger partial charge in [-0.2, -0.15) is 0 Å². The molecule has 7 heavy (non-hydrogen) atoms. The van der Waals surface area contributed by atoms with Crippen molar-refractivity contribution in [2.75, 3.05) is 0 Å². The number of rotatable bonds is 0. The van der Waals surface area contributed by atoms with Crippen molar-refractivity contribution in [1.29, 1.82) is 0 Å². The van der Waals surface area contributed by atoms with Crippen molar-refractivity contribution < 1.29 is 4.39 Å². The predicted octanol–water partition coefficient (Wildman–Crippen LogP) is 0.836. The Morgan fingerprint density at radius 3 is 2.29 bits per heavy atom. The fraction of sp³-hybridized carbons (Fsp3) is 1.00. The van der Waals surface area contributed by atoms with Crippen LogP contribution in [0.4, 0.5) is 4.39 Å². The molecule has 0 bridgehead atoms. The molecule has 0 aromatic heterocycles. The number of halogens is 1. The van der Waals surface area contributed by atoms with Gasteiger partial charge in [-0.15, -0.1) is 0 Å². The van der Waals surface area contributed by atoms with E-state index in [0.29, 0.717) is 6.42 Å². The molecule has 2 N–H and O–H groups in total. The van der Waals surface area contributed by atoms with Gasteiger partial charge in [-0.3, -0.25) is 0 Å². The van der Waals surface area contributed by atoms with E-state index < -0.39 is 6.17 Å². The van der Waals surface area contributed by atoms with Gasteiger partial charge in [-0.25, -0.2) is 4.39 Å². The van der Waals surface area contributed by atoms with Crippen LogP contribution in [0.25, 0.3) is 0 Å². The maximum absolute atomic E-state index is 12.2. The molecule has 2 atom stereocenters. The first kappa shape index (κ1) is 5.04. The second-order valence-corrected chi connectivity index (χ2v) is 2.11. The van der Waals surface area contributed by atoms with Crippen molar-refractivity contribution in [2.45, 2.75) is 31.5 Å². The van der Waals surface area contributed by atoms with Crippen molar-refractivity contribution in [1.82, 2.24) is 0 Å². The molecule has 0 aromatic rings. The number of nitrogens with two attached hydrogens (primary N) is 1. The highest BCUT2D eigenvalue weighted by Crippen LogP contribution is 2.19. The predicted molar refractivity (Wildman–Crippen MR) is 26.7 cm³/mol. The van der Waals surface area contributed by atoms with Gasteiger partial charge < -0.3 is 5.73 Å². The van der Waals surface area contributed by atoms with Crippen molar-refractivity contribution in [3.63, 3.8) is 0 Å². The summed E-state index contributed by atoms with van der Waals surface area (Å²) in [6.45, 7) is 0. The fourth-order valence-electron chi connectivity index (χ4n) is 0.943. The maximum Gasteiger partial charge on any atom is 0.115 e. The van der Waals surface area contributed by atoms with Crippen molar-refractivity contribution in [3.05, 3.63) is 0 Å². The molecule has 0 spiro atoms. The largest absolute Gasteiger partial charge is 0.325 e. The molecule has 0 aliphatic heterocycles. The molecule has 0 heterocycles. The number of alkyl halides is 1. The van der Waals surface area contributed by atoms with E-state index in [2.05, 4.69) is 0 Å². The minimum atomic E-state index is -0.708. The summed E-state index contributed by atoms with van der Waals surface area (Å²) in [5.74, 6) is 0. The van der Waals surface area contributed by atoms with Crippen LogP contribution in [0.1, 0.15) is 19.3 Å². The van der Waals surface area contributed by atoms with Crippen LogP contribution >= 0.6 is 0 Å². The third kappa shape index (κ3) is 0.911. The van der Waals surface area contributed by atoms with Gasteiger partial charge in [0.25, 0.3) is 0 Å². The monoisotopic (exact) mass is 103 g/mol. The normalized spacial score (nSPS) is 42.0. The van der Waals surface area contributed by atoms with Crippen LogP contribution in [0, 0.1) is 0 Å². The molecule has 42 valence electrons. The lowest BCUT2D eigenvalue weighted by atomic mass is 10.2. The summed E-state index contributed by atoms with van der Waals surface area (Å²) in [6, 6.07) is -0.153. The third-order valence-electron chi connectivity index (χ3n) is 1.48. The Morgan fingerprint density at radius 2 is 2.14 bits per heavy atom. The zero-order chi connectivity index (χ0) is 5.28. The van der Waals surface area contributed by atoms with E-state index in [9.17, 15) is 4.39 Å². The average molecular weight is 103 g/mol. The van der Waals surface area contributed by atoms with E-state index in [0.717, 1.165) is 12.8 Å². The molecule has 1 rings (SSSR count). The van der Waals surface area contributed by atoms with Gasteiger partial charge in [0.2, 0.25) is 0 Å².